The van der Waals surface area contributed by atoms with Gasteiger partial charge in [-0.25, -0.2) is 9.78 Å². The van der Waals surface area contributed by atoms with Crippen molar-refractivity contribution in [3.05, 3.63) is 41.0 Å². The van der Waals surface area contributed by atoms with E-state index in [0.717, 1.165) is 40.7 Å². The molecule has 2 heterocycles. The van der Waals surface area contributed by atoms with Gasteiger partial charge in [0, 0.05) is 20.2 Å². The maximum atomic E-state index is 12.6. The Hall–Kier alpha value is -1.92. The fourth-order valence-corrected chi connectivity index (χ4v) is 4.82. The van der Waals surface area contributed by atoms with E-state index in [1.54, 1.807) is 18.4 Å². The number of thiazole rings is 1. The standard InChI is InChI=1S/C20H25N3O2S/c1-25-13-17-22-16(18(26-17)15-6-3-2-4-7-15)12-21-19(24)23-11-5-8-20(14-23)9-10-20/h2-4,6-7H,5,8-14H2,1H3,(H,21,24). The van der Waals surface area contributed by atoms with Crippen LogP contribution in [0, 0.1) is 5.41 Å². The molecule has 0 radical (unpaired) electrons. The Kier molecular flexibility index (Phi) is 4.96. The van der Waals surface area contributed by atoms with Crippen molar-refractivity contribution in [2.24, 2.45) is 5.41 Å². The van der Waals surface area contributed by atoms with Crippen molar-refractivity contribution in [2.45, 2.75) is 38.8 Å². The Bertz CT molecular complexity index is 771. The first-order chi connectivity index (χ1) is 12.7. The van der Waals surface area contributed by atoms with E-state index in [2.05, 4.69) is 17.4 Å². The summed E-state index contributed by atoms with van der Waals surface area (Å²) in [5, 5.41) is 4.03. The number of benzene rings is 1. The molecular weight excluding hydrogens is 346 g/mol. The van der Waals surface area contributed by atoms with Gasteiger partial charge in [-0.05, 0) is 36.7 Å². The normalized spacial score (nSPS) is 18.1. The van der Waals surface area contributed by atoms with Gasteiger partial charge >= 0.3 is 6.03 Å². The molecule has 1 spiro atoms. The molecule has 2 aliphatic rings. The van der Waals surface area contributed by atoms with Crippen molar-refractivity contribution >= 4 is 17.4 Å². The summed E-state index contributed by atoms with van der Waals surface area (Å²) in [6.45, 7) is 2.72. The minimum atomic E-state index is 0.0382. The Labute approximate surface area is 158 Å². The lowest BCUT2D eigenvalue weighted by Crippen LogP contribution is -2.46. The molecule has 1 aliphatic carbocycles. The highest BCUT2D eigenvalue weighted by atomic mass is 32.1. The fourth-order valence-electron chi connectivity index (χ4n) is 3.76. The molecule has 1 saturated heterocycles. The monoisotopic (exact) mass is 371 g/mol. The zero-order chi connectivity index (χ0) is 18.0. The van der Waals surface area contributed by atoms with E-state index < -0.39 is 0 Å². The average molecular weight is 372 g/mol. The molecule has 26 heavy (non-hydrogen) atoms. The molecule has 2 aromatic rings. The van der Waals surface area contributed by atoms with E-state index in [9.17, 15) is 4.79 Å². The number of urea groups is 1. The number of hydrogen-bond acceptors (Lipinski definition) is 4. The maximum Gasteiger partial charge on any atom is 0.317 e. The molecule has 4 rings (SSSR count). The summed E-state index contributed by atoms with van der Waals surface area (Å²) in [4.78, 5) is 20.4. The first kappa shape index (κ1) is 17.5. The number of aromatic nitrogens is 1. The van der Waals surface area contributed by atoms with Gasteiger partial charge in [-0.3, -0.25) is 0 Å². The summed E-state index contributed by atoms with van der Waals surface area (Å²) in [5.74, 6) is 0. The summed E-state index contributed by atoms with van der Waals surface area (Å²) in [5.41, 5.74) is 2.49. The van der Waals surface area contributed by atoms with Gasteiger partial charge in [0.25, 0.3) is 0 Å². The van der Waals surface area contributed by atoms with E-state index >= 15 is 0 Å². The lowest BCUT2D eigenvalue weighted by Gasteiger charge is -2.32. The van der Waals surface area contributed by atoms with Crippen molar-refractivity contribution < 1.29 is 9.53 Å². The van der Waals surface area contributed by atoms with E-state index in [1.807, 2.05) is 23.1 Å². The Balaban J connectivity index is 1.46. The number of carbonyl (C=O) groups is 1. The Morgan fingerprint density at radius 3 is 2.85 bits per heavy atom. The maximum absolute atomic E-state index is 12.6. The fraction of sp³-hybridized carbons (Fsp3) is 0.500. The molecule has 0 bridgehead atoms. The van der Waals surface area contributed by atoms with Crippen molar-refractivity contribution in [3.8, 4) is 10.4 Å². The van der Waals surface area contributed by atoms with Gasteiger partial charge in [0.1, 0.15) is 5.01 Å². The van der Waals surface area contributed by atoms with Gasteiger partial charge in [0.2, 0.25) is 0 Å². The van der Waals surface area contributed by atoms with Gasteiger partial charge in [0.15, 0.2) is 0 Å². The minimum Gasteiger partial charge on any atom is -0.378 e. The highest BCUT2D eigenvalue weighted by Gasteiger charge is 2.46. The molecule has 0 atom stereocenters. The number of nitrogens with one attached hydrogen (secondary N) is 1. The van der Waals surface area contributed by atoms with Crippen molar-refractivity contribution in [2.75, 3.05) is 20.2 Å². The van der Waals surface area contributed by atoms with Crippen LogP contribution in [0.4, 0.5) is 4.79 Å². The highest BCUT2D eigenvalue weighted by molar-refractivity contribution is 7.15. The van der Waals surface area contributed by atoms with Crippen LogP contribution < -0.4 is 5.32 Å². The smallest absolute Gasteiger partial charge is 0.317 e. The highest BCUT2D eigenvalue weighted by Crippen LogP contribution is 2.51. The topological polar surface area (TPSA) is 54.5 Å². The van der Waals surface area contributed by atoms with E-state index in [4.69, 9.17) is 9.72 Å². The number of nitrogens with zero attached hydrogens (tertiary/aromatic N) is 2. The second-order valence-electron chi connectivity index (χ2n) is 7.37. The van der Waals surface area contributed by atoms with Crippen LogP contribution in [0.15, 0.2) is 30.3 Å². The third kappa shape index (κ3) is 3.76. The number of carbonyl (C=O) groups excluding carboxylic acids is 1. The third-order valence-electron chi connectivity index (χ3n) is 5.36. The van der Waals surface area contributed by atoms with Crippen LogP contribution in [0.5, 0.6) is 0 Å². The third-order valence-corrected chi connectivity index (χ3v) is 6.48. The SMILES string of the molecule is COCc1nc(CNC(=O)N2CCCC3(CC3)C2)c(-c2ccccc2)s1. The zero-order valence-corrected chi connectivity index (χ0v) is 16.0. The second kappa shape index (κ2) is 7.37. The van der Waals surface area contributed by atoms with Crippen LogP contribution >= 0.6 is 11.3 Å². The van der Waals surface area contributed by atoms with Gasteiger partial charge in [-0.1, -0.05) is 30.3 Å². The number of ether oxygens (including phenoxy) is 1. The van der Waals surface area contributed by atoms with Crippen LogP contribution in [-0.2, 0) is 17.9 Å². The van der Waals surface area contributed by atoms with Gasteiger partial charge in [-0.2, -0.15) is 0 Å². The number of hydrogen-bond donors (Lipinski definition) is 1. The lowest BCUT2D eigenvalue weighted by molar-refractivity contribution is 0.158. The summed E-state index contributed by atoms with van der Waals surface area (Å²) in [7, 11) is 1.68. The minimum absolute atomic E-state index is 0.0382. The molecule has 1 saturated carbocycles. The molecule has 0 unspecified atom stereocenters. The van der Waals surface area contributed by atoms with Crippen LogP contribution in [0.3, 0.4) is 0 Å². The van der Waals surface area contributed by atoms with Crippen molar-refractivity contribution in [1.82, 2.24) is 15.2 Å². The summed E-state index contributed by atoms with van der Waals surface area (Å²) in [6, 6.07) is 10.3. The van der Waals surface area contributed by atoms with Crippen LogP contribution in [0.25, 0.3) is 10.4 Å². The molecule has 138 valence electrons. The molecule has 1 aliphatic heterocycles. The predicted molar refractivity (Wildman–Crippen MR) is 103 cm³/mol. The van der Waals surface area contributed by atoms with Gasteiger partial charge in [-0.15, -0.1) is 11.3 Å². The molecule has 1 N–H and O–H groups in total. The molecule has 5 nitrogen and oxygen atoms in total. The van der Waals surface area contributed by atoms with E-state index in [1.165, 1.54) is 19.3 Å². The quantitative estimate of drug-likeness (QED) is 0.863. The average Bonchev–Trinajstić information content (AvgIpc) is 3.28. The molecule has 6 heteroatoms. The molecule has 1 aromatic heterocycles. The first-order valence-electron chi connectivity index (χ1n) is 9.25. The number of methoxy groups -OCH3 is 1. The van der Waals surface area contributed by atoms with Crippen molar-refractivity contribution in [3.63, 3.8) is 0 Å². The summed E-state index contributed by atoms with van der Waals surface area (Å²) >= 11 is 1.63. The molecular formula is C20H25N3O2S. The van der Waals surface area contributed by atoms with E-state index in [0.29, 0.717) is 18.6 Å². The largest absolute Gasteiger partial charge is 0.378 e. The first-order valence-corrected chi connectivity index (χ1v) is 10.1. The summed E-state index contributed by atoms with van der Waals surface area (Å²) in [6.07, 6.45) is 4.96. The van der Waals surface area contributed by atoms with Gasteiger partial charge < -0.3 is 15.0 Å². The Morgan fingerprint density at radius 1 is 1.31 bits per heavy atom. The van der Waals surface area contributed by atoms with Gasteiger partial charge in [0.05, 0.1) is 23.7 Å². The zero-order valence-electron chi connectivity index (χ0n) is 15.2. The predicted octanol–water partition coefficient (Wildman–Crippen LogP) is 4.04. The Morgan fingerprint density at radius 2 is 2.12 bits per heavy atom. The van der Waals surface area contributed by atoms with E-state index in [-0.39, 0.29) is 6.03 Å². The number of piperidine rings is 1. The van der Waals surface area contributed by atoms with Crippen LogP contribution in [-0.4, -0.2) is 36.1 Å². The van der Waals surface area contributed by atoms with Crippen molar-refractivity contribution in [1.29, 1.82) is 0 Å². The molecule has 2 fully saturated rings. The lowest BCUT2D eigenvalue weighted by atomic mass is 9.95. The molecule has 2 amide bonds. The van der Waals surface area contributed by atoms with Crippen LogP contribution in [0.1, 0.15) is 36.4 Å². The number of amides is 2. The molecule has 1 aromatic carbocycles. The summed E-state index contributed by atoms with van der Waals surface area (Å²) < 4.78 is 5.24. The van der Waals surface area contributed by atoms with Crippen LogP contribution in [0.2, 0.25) is 0 Å². The number of rotatable bonds is 5. The second-order valence-corrected chi connectivity index (χ2v) is 8.45. The number of likely N-dealkylation sites (tertiary alicyclic amines) is 1.